The molecule has 2 N–H and O–H groups in total. The highest BCUT2D eigenvalue weighted by molar-refractivity contribution is 7.12. The van der Waals surface area contributed by atoms with Crippen molar-refractivity contribution < 1.29 is 9.23 Å². The fourth-order valence-electron chi connectivity index (χ4n) is 1.28. The number of halogens is 2. The van der Waals surface area contributed by atoms with Crippen LogP contribution < -0.4 is 5.73 Å². The first kappa shape index (κ1) is 12.9. The second-order valence-corrected chi connectivity index (χ2v) is 4.82. The van der Waals surface area contributed by atoms with Crippen molar-refractivity contribution in [2.75, 3.05) is 0 Å². The van der Waals surface area contributed by atoms with Gasteiger partial charge in [0.1, 0.15) is 12.4 Å². The minimum atomic E-state index is -0.384. The van der Waals surface area contributed by atoms with Crippen molar-refractivity contribution in [2.24, 2.45) is 10.9 Å². The summed E-state index contributed by atoms with van der Waals surface area (Å²) in [5, 5.41) is 5.98. The van der Waals surface area contributed by atoms with Crippen LogP contribution >= 0.6 is 22.9 Å². The third kappa shape index (κ3) is 3.21. The maximum absolute atomic E-state index is 12.8. The summed E-state index contributed by atoms with van der Waals surface area (Å²) in [7, 11) is 0. The molecule has 94 valence electrons. The summed E-state index contributed by atoms with van der Waals surface area (Å²) in [6.45, 7) is 0.144. The van der Waals surface area contributed by atoms with E-state index >= 15 is 0 Å². The molecule has 0 saturated heterocycles. The summed E-state index contributed by atoms with van der Waals surface area (Å²) < 4.78 is 12.8. The highest BCUT2D eigenvalue weighted by atomic mass is 35.5. The Labute approximate surface area is 113 Å². The molecule has 2 aromatic rings. The number of amidine groups is 1. The van der Waals surface area contributed by atoms with E-state index in [2.05, 4.69) is 5.16 Å². The number of nitrogens with zero attached hydrogens (tertiary/aromatic N) is 1. The van der Waals surface area contributed by atoms with Gasteiger partial charge in [-0.2, -0.15) is 0 Å². The number of thiophene rings is 1. The van der Waals surface area contributed by atoms with Gasteiger partial charge < -0.3 is 10.6 Å². The Kier molecular flexibility index (Phi) is 4.17. The van der Waals surface area contributed by atoms with E-state index in [9.17, 15) is 4.39 Å². The molecule has 1 aromatic carbocycles. The SMILES string of the molecule is NC(=NOCc1ccc(F)cc1Cl)c1cccs1. The molecule has 0 spiro atoms. The van der Waals surface area contributed by atoms with E-state index in [4.69, 9.17) is 22.2 Å². The Balaban J connectivity index is 1.98. The number of hydrogen-bond donors (Lipinski definition) is 1. The molecule has 2 rings (SSSR count). The summed E-state index contributed by atoms with van der Waals surface area (Å²) in [5.74, 6) is -0.0754. The van der Waals surface area contributed by atoms with Crippen molar-refractivity contribution in [3.8, 4) is 0 Å². The number of rotatable bonds is 4. The third-order valence-corrected chi connectivity index (χ3v) is 3.42. The van der Waals surface area contributed by atoms with Crippen LogP contribution in [-0.4, -0.2) is 5.84 Å². The second-order valence-electron chi connectivity index (χ2n) is 3.46. The molecule has 0 bridgehead atoms. The van der Waals surface area contributed by atoms with Crippen LogP contribution in [0.25, 0.3) is 0 Å². The fourth-order valence-corrected chi connectivity index (χ4v) is 2.12. The van der Waals surface area contributed by atoms with Gasteiger partial charge in [0.05, 0.1) is 9.90 Å². The summed E-state index contributed by atoms with van der Waals surface area (Å²) in [4.78, 5) is 5.92. The van der Waals surface area contributed by atoms with E-state index in [0.29, 0.717) is 16.4 Å². The Morgan fingerprint density at radius 2 is 2.28 bits per heavy atom. The van der Waals surface area contributed by atoms with Crippen molar-refractivity contribution in [3.63, 3.8) is 0 Å². The van der Waals surface area contributed by atoms with Crippen LogP contribution in [0.3, 0.4) is 0 Å². The average molecular weight is 285 g/mol. The topological polar surface area (TPSA) is 47.6 Å². The molecule has 0 unspecified atom stereocenters. The average Bonchev–Trinajstić information content (AvgIpc) is 2.85. The molecule has 0 aliphatic carbocycles. The lowest BCUT2D eigenvalue weighted by atomic mass is 10.2. The molecule has 0 radical (unpaired) electrons. The van der Waals surface area contributed by atoms with Gasteiger partial charge in [0.2, 0.25) is 0 Å². The summed E-state index contributed by atoms with van der Waals surface area (Å²) in [5.41, 5.74) is 6.36. The monoisotopic (exact) mass is 284 g/mol. The van der Waals surface area contributed by atoms with Crippen molar-refractivity contribution in [2.45, 2.75) is 6.61 Å². The highest BCUT2D eigenvalue weighted by Gasteiger charge is 2.03. The third-order valence-electron chi connectivity index (χ3n) is 2.17. The van der Waals surface area contributed by atoms with E-state index in [-0.39, 0.29) is 12.4 Å². The van der Waals surface area contributed by atoms with Crippen molar-refractivity contribution in [1.29, 1.82) is 0 Å². The molecular formula is C12H10ClFN2OS. The zero-order chi connectivity index (χ0) is 13.0. The van der Waals surface area contributed by atoms with Crippen LogP contribution in [0.4, 0.5) is 4.39 Å². The van der Waals surface area contributed by atoms with Crippen molar-refractivity contribution in [3.05, 3.63) is 57.0 Å². The summed E-state index contributed by atoms with van der Waals surface area (Å²) in [6, 6.07) is 7.81. The minimum Gasteiger partial charge on any atom is -0.389 e. The molecule has 0 aliphatic rings. The first-order chi connectivity index (χ1) is 8.66. The van der Waals surface area contributed by atoms with Gasteiger partial charge >= 0.3 is 0 Å². The highest BCUT2D eigenvalue weighted by Crippen LogP contribution is 2.18. The number of oxime groups is 1. The molecule has 6 heteroatoms. The number of benzene rings is 1. The Morgan fingerprint density at radius 1 is 1.44 bits per heavy atom. The summed E-state index contributed by atoms with van der Waals surface area (Å²) >= 11 is 7.32. The molecule has 1 aromatic heterocycles. The van der Waals surface area contributed by atoms with Crippen LogP contribution in [0.5, 0.6) is 0 Å². The van der Waals surface area contributed by atoms with Gasteiger partial charge in [-0.3, -0.25) is 0 Å². The van der Waals surface area contributed by atoms with Crippen LogP contribution in [0.15, 0.2) is 40.9 Å². The van der Waals surface area contributed by atoms with Crippen LogP contribution in [0, 0.1) is 5.82 Å². The first-order valence-corrected chi connectivity index (χ1v) is 6.36. The number of nitrogens with two attached hydrogens (primary N) is 1. The second kappa shape index (κ2) is 5.84. The molecule has 1 heterocycles. The van der Waals surface area contributed by atoms with Gasteiger partial charge in [-0.1, -0.05) is 28.9 Å². The van der Waals surface area contributed by atoms with E-state index < -0.39 is 0 Å². The Hall–Kier alpha value is -1.59. The van der Waals surface area contributed by atoms with E-state index in [1.165, 1.54) is 23.5 Å². The normalized spacial score (nSPS) is 11.6. The van der Waals surface area contributed by atoms with Crippen LogP contribution in [0.1, 0.15) is 10.4 Å². The first-order valence-electron chi connectivity index (χ1n) is 5.10. The molecule has 3 nitrogen and oxygen atoms in total. The zero-order valence-electron chi connectivity index (χ0n) is 9.27. The lowest BCUT2D eigenvalue weighted by Crippen LogP contribution is -2.11. The van der Waals surface area contributed by atoms with E-state index in [1.807, 2.05) is 17.5 Å². The Morgan fingerprint density at radius 3 is 2.94 bits per heavy atom. The molecule has 0 atom stereocenters. The van der Waals surface area contributed by atoms with Gasteiger partial charge in [0.15, 0.2) is 5.84 Å². The quantitative estimate of drug-likeness (QED) is 0.531. The lowest BCUT2D eigenvalue weighted by molar-refractivity contribution is 0.130. The number of hydrogen-bond acceptors (Lipinski definition) is 3. The van der Waals surface area contributed by atoms with E-state index in [1.54, 1.807) is 6.07 Å². The molecular weight excluding hydrogens is 275 g/mol. The smallest absolute Gasteiger partial charge is 0.180 e. The summed E-state index contributed by atoms with van der Waals surface area (Å²) in [6.07, 6.45) is 0. The maximum Gasteiger partial charge on any atom is 0.180 e. The van der Waals surface area contributed by atoms with Crippen LogP contribution in [0.2, 0.25) is 5.02 Å². The van der Waals surface area contributed by atoms with Crippen molar-refractivity contribution >= 4 is 28.8 Å². The standard InChI is InChI=1S/C12H10ClFN2OS/c13-10-6-9(14)4-3-8(10)7-17-16-12(15)11-2-1-5-18-11/h1-6H,7H2,(H2,15,16). The largest absolute Gasteiger partial charge is 0.389 e. The van der Waals surface area contributed by atoms with E-state index in [0.717, 1.165) is 4.88 Å². The minimum absolute atomic E-state index is 0.144. The van der Waals surface area contributed by atoms with Gasteiger partial charge in [-0.05, 0) is 23.6 Å². The van der Waals surface area contributed by atoms with Gasteiger partial charge in [0.25, 0.3) is 0 Å². The maximum atomic E-state index is 12.8. The van der Waals surface area contributed by atoms with Crippen LogP contribution in [-0.2, 0) is 11.4 Å². The molecule has 0 saturated carbocycles. The molecule has 0 amide bonds. The molecule has 0 aliphatic heterocycles. The van der Waals surface area contributed by atoms with Crippen molar-refractivity contribution in [1.82, 2.24) is 0 Å². The predicted octanol–water partition coefficient (Wildman–Crippen LogP) is 3.38. The molecule has 0 fully saturated rings. The van der Waals surface area contributed by atoms with Gasteiger partial charge in [-0.25, -0.2) is 4.39 Å². The molecule has 18 heavy (non-hydrogen) atoms. The Bertz CT molecular complexity index is 557. The lowest BCUT2D eigenvalue weighted by Gasteiger charge is -2.03. The van der Waals surface area contributed by atoms with Gasteiger partial charge in [0, 0.05) is 5.56 Å². The van der Waals surface area contributed by atoms with Gasteiger partial charge in [-0.15, -0.1) is 11.3 Å². The predicted molar refractivity (Wildman–Crippen MR) is 71.2 cm³/mol. The fraction of sp³-hybridized carbons (Fsp3) is 0.0833. The zero-order valence-corrected chi connectivity index (χ0v) is 10.8.